The first-order valence-electron chi connectivity index (χ1n) is 6.88. The summed E-state index contributed by atoms with van der Waals surface area (Å²) < 4.78 is 27.0. The summed E-state index contributed by atoms with van der Waals surface area (Å²) in [5, 5.41) is 10.6. The topological polar surface area (TPSA) is 89.3 Å². The highest BCUT2D eigenvalue weighted by atomic mass is 32.2. The molecular weight excluding hydrogens is 292 g/mol. The Morgan fingerprint density at radius 2 is 1.90 bits per heavy atom. The Labute approximate surface area is 123 Å². The van der Waals surface area contributed by atoms with E-state index < -0.39 is 14.9 Å². The van der Waals surface area contributed by atoms with Gasteiger partial charge in [-0.2, -0.15) is 0 Å². The summed E-state index contributed by atoms with van der Waals surface area (Å²) in [6.07, 6.45) is 6.55. The smallest absolute Gasteiger partial charge is 0.258 e. The zero-order valence-corrected chi connectivity index (χ0v) is 12.1. The van der Waals surface area contributed by atoms with Crippen LogP contribution in [0, 0.1) is 27.9 Å². The molecule has 0 radical (unpaired) electrons. The number of hydrogen-bond donors (Lipinski definition) is 1. The number of nitrogens with zero attached hydrogens (tertiary/aromatic N) is 1. The summed E-state index contributed by atoms with van der Waals surface area (Å²) in [6, 6.07) is 4.94. The normalized spacial score (nSPS) is 27.1. The largest absolute Gasteiger partial charge is 0.269 e. The lowest BCUT2D eigenvalue weighted by molar-refractivity contribution is -0.384. The van der Waals surface area contributed by atoms with Gasteiger partial charge >= 0.3 is 0 Å². The molecule has 0 aromatic heterocycles. The van der Waals surface area contributed by atoms with Crippen molar-refractivity contribution in [1.29, 1.82) is 0 Å². The van der Waals surface area contributed by atoms with Gasteiger partial charge < -0.3 is 0 Å². The van der Waals surface area contributed by atoms with Crippen molar-refractivity contribution in [1.82, 2.24) is 4.72 Å². The second-order valence-electron chi connectivity index (χ2n) is 5.64. The summed E-state index contributed by atoms with van der Waals surface area (Å²) >= 11 is 0. The van der Waals surface area contributed by atoms with Gasteiger partial charge in [0.15, 0.2) is 0 Å². The third-order valence-corrected chi connectivity index (χ3v) is 5.75. The van der Waals surface area contributed by atoms with E-state index >= 15 is 0 Å². The van der Waals surface area contributed by atoms with Crippen molar-refractivity contribution < 1.29 is 13.3 Å². The van der Waals surface area contributed by atoms with Crippen molar-refractivity contribution in [3.63, 3.8) is 0 Å². The molecule has 2 aliphatic carbocycles. The zero-order valence-electron chi connectivity index (χ0n) is 11.3. The SMILES string of the molecule is O=[N+]([O-])c1ccc(S(=O)(=O)NC[C@@H]2C[C@@H]3C=C[C@H]2C3)cc1. The molecule has 1 aromatic carbocycles. The van der Waals surface area contributed by atoms with E-state index in [2.05, 4.69) is 16.9 Å². The highest BCUT2D eigenvalue weighted by molar-refractivity contribution is 7.89. The van der Waals surface area contributed by atoms with E-state index in [1.165, 1.54) is 24.3 Å². The summed E-state index contributed by atoms with van der Waals surface area (Å²) in [6.45, 7) is 0.421. The molecule has 7 heteroatoms. The molecule has 0 saturated heterocycles. The number of nitro benzene ring substituents is 1. The molecule has 0 unspecified atom stereocenters. The van der Waals surface area contributed by atoms with Gasteiger partial charge in [0.2, 0.25) is 10.0 Å². The molecule has 1 N–H and O–H groups in total. The minimum atomic E-state index is -3.60. The van der Waals surface area contributed by atoms with E-state index in [1.54, 1.807) is 0 Å². The molecule has 2 bridgehead atoms. The fraction of sp³-hybridized carbons (Fsp3) is 0.429. The van der Waals surface area contributed by atoms with Crippen molar-refractivity contribution in [2.75, 3.05) is 6.54 Å². The number of allylic oxidation sites excluding steroid dienone is 2. The molecule has 0 amide bonds. The first kappa shape index (κ1) is 14.2. The average Bonchev–Trinajstić information content (AvgIpc) is 3.08. The highest BCUT2D eigenvalue weighted by Crippen LogP contribution is 2.43. The minimum Gasteiger partial charge on any atom is -0.258 e. The predicted molar refractivity (Wildman–Crippen MR) is 77.1 cm³/mol. The standard InChI is InChI=1S/C14H16N2O4S/c17-16(18)13-3-5-14(6-4-13)21(19,20)15-9-12-8-10-1-2-11(12)7-10/h1-6,10-12,15H,7-9H2/t10-,11+,12+/m1/s1. The van der Waals surface area contributed by atoms with Gasteiger partial charge in [0, 0.05) is 18.7 Å². The van der Waals surface area contributed by atoms with E-state index in [0.717, 1.165) is 12.8 Å². The fourth-order valence-electron chi connectivity index (χ4n) is 3.18. The predicted octanol–water partition coefficient (Wildman–Crippen LogP) is 2.09. The Bertz CT molecular complexity index is 681. The third kappa shape index (κ3) is 2.84. The summed E-state index contributed by atoms with van der Waals surface area (Å²) in [4.78, 5) is 10.1. The van der Waals surface area contributed by atoms with E-state index in [-0.39, 0.29) is 10.6 Å². The molecule has 0 heterocycles. The van der Waals surface area contributed by atoms with Crippen LogP contribution in [0.25, 0.3) is 0 Å². The average molecular weight is 308 g/mol. The number of hydrogen-bond acceptors (Lipinski definition) is 4. The van der Waals surface area contributed by atoms with Gasteiger partial charge in [0.1, 0.15) is 0 Å². The first-order chi connectivity index (χ1) is 9.95. The fourth-order valence-corrected chi connectivity index (χ4v) is 4.27. The monoisotopic (exact) mass is 308 g/mol. The van der Waals surface area contributed by atoms with Crippen molar-refractivity contribution in [2.24, 2.45) is 17.8 Å². The highest BCUT2D eigenvalue weighted by Gasteiger charge is 2.35. The Morgan fingerprint density at radius 3 is 2.43 bits per heavy atom. The van der Waals surface area contributed by atoms with Gasteiger partial charge in [-0.15, -0.1) is 0 Å². The van der Waals surface area contributed by atoms with Crippen LogP contribution in [0.3, 0.4) is 0 Å². The maximum atomic E-state index is 12.2. The van der Waals surface area contributed by atoms with Gasteiger partial charge in [0.25, 0.3) is 5.69 Å². The van der Waals surface area contributed by atoms with Crippen molar-refractivity contribution >= 4 is 15.7 Å². The van der Waals surface area contributed by atoms with Crippen LogP contribution in [0.4, 0.5) is 5.69 Å². The molecule has 6 nitrogen and oxygen atoms in total. The van der Waals surface area contributed by atoms with E-state index in [9.17, 15) is 18.5 Å². The Kier molecular flexibility index (Phi) is 3.54. The van der Waals surface area contributed by atoms with Crippen LogP contribution in [0.2, 0.25) is 0 Å². The zero-order chi connectivity index (χ0) is 15.0. The van der Waals surface area contributed by atoms with Gasteiger partial charge in [-0.25, -0.2) is 13.1 Å². The number of nitro groups is 1. The maximum Gasteiger partial charge on any atom is 0.269 e. The van der Waals surface area contributed by atoms with Crippen LogP contribution in [-0.2, 0) is 10.0 Å². The van der Waals surface area contributed by atoms with Crippen LogP contribution in [0.1, 0.15) is 12.8 Å². The lowest BCUT2D eigenvalue weighted by Crippen LogP contribution is -2.31. The molecule has 1 fully saturated rings. The summed E-state index contributed by atoms with van der Waals surface area (Å²) in [5.74, 6) is 1.44. The molecular formula is C14H16N2O4S. The van der Waals surface area contributed by atoms with Crippen LogP contribution < -0.4 is 4.72 Å². The Balaban J connectivity index is 1.66. The van der Waals surface area contributed by atoms with Gasteiger partial charge in [0.05, 0.1) is 9.82 Å². The summed E-state index contributed by atoms with van der Waals surface area (Å²) in [7, 11) is -3.60. The van der Waals surface area contributed by atoms with Gasteiger partial charge in [-0.1, -0.05) is 12.2 Å². The van der Waals surface area contributed by atoms with E-state index in [1.807, 2.05) is 0 Å². The van der Waals surface area contributed by atoms with Gasteiger partial charge in [-0.05, 0) is 42.7 Å². The second kappa shape index (κ2) is 5.23. The molecule has 1 saturated carbocycles. The van der Waals surface area contributed by atoms with E-state index in [0.29, 0.717) is 24.3 Å². The number of benzene rings is 1. The third-order valence-electron chi connectivity index (χ3n) is 4.31. The van der Waals surface area contributed by atoms with Crippen molar-refractivity contribution in [2.45, 2.75) is 17.7 Å². The molecule has 21 heavy (non-hydrogen) atoms. The first-order valence-corrected chi connectivity index (χ1v) is 8.36. The summed E-state index contributed by atoms with van der Waals surface area (Å²) in [5.41, 5.74) is -0.118. The number of sulfonamides is 1. The Morgan fingerprint density at radius 1 is 1.19 bits per heavy atom. The van der Waals surface area contributed by atoms with Crippen LogP contribution in [0.15, 0.2) is 41.3 Å². The molecule has 0 aliphatic heterocycles. The minimum absolute atomic E-state index is 0.0619. The Hall–Kier alpha value is -1.73. The van der Waals surface area contributed by atoms with Crippen LogP contribution in [0.5, 0.6) is 0 Å². The maximum absolute atomic E-state index is 12.2. The number of rotatable bonds is 5. The van der Waals surface area contributed by atoms with Gasteiger partial charge in [-0.3, -0.25) is 10.1 Å². The second-order valence-corrected chi connectivity index (χ2v) is 7.41. The van der Waals surface area contributed by atoms with E-state index in [4.69, 9.17) is 0 Å². The van der Waals surface area contributed by atoms with Crippen molar-refractivity contribution in [3.8, 4) is 0 Å². The lowest BCUT2D eigenvalue weighted by Gasteiger charge is -2.18. The molecule has 2 aliphatic rings. The quantitative estimate of drug-likeness (QED) is 0.512. The number of non-ortho nitro benzene ring substituents is 1. The molecule has 112 valence electrons. The number of fused-ring (bicyclic) bond motifs is 2. The molecule has 0 spiro atoms. The molecule has 3 rings (SSSR count). The van der Waals surface area contributed by atoms with Crippen molar-refractivity contribution in [3.05, 3.63) is 46.5 Å². The molecule has 1 aromatic rings. The number of nitrogens with one attached hydrogen (secondary N) is 1. The lowest BCUT2D eigenvalue weighted by atomic mass is 9.94. The molecule has 3 atom stereocenters. The van der Waals surface area contributed by atoms with Crippen LogP contribution >= 0.6 is 0 Å². The van der Waals surface area contributed by atoms with Crippen LogP contribution in [-0.4, -0.2) is 19.9 Å².